The van der Waals surface area contributed by atoms with Crippen LogP contribution in [0.2, 0.25) is 0 Å². The Morgan fingerprint density at radius 1 is 1.05 bits per heavy atom. The topological polar surface area (TPSA) is 15.3 Å². The van der Waals surface area contributed by atoms with Gasteiger partial charge in [-0.3, -0.25) is 0 Å². The molecule has 3 unspecified atom stereocenters. The summed E-state index contributed by atoms with van der Waals surface area (Å²) in [5.41, 5.74) is 1.27. The molecule has 2 nitrogen and oxygen atoms in total. The van der Waals surface area contributed by atoms with E-state index in [0.29, 0.717) is 12.1 Å². The molecule has 1 N–H and O–H groups in total. The van der Waals surface area contributed by atoms with Crippen LogP contribution in [-0.4, -0.2) is 22.1 Å². The predicted octanol–water partition coefficient (Wildman–Crippen LogP) is 4.52. The fourth-order valence-corrected chi connectivity index (χ4v) is 2.85. The molecule has 112 valence electrons. The van der Waals surface area contributed by atoms with E-state index in [2.05, 4.69) is 69.1 Å². The van der Waals surface area contributed by atoms with Crippen molar-refractivity contribution in [3.05, 3.63) is 35.9 Å². The maximum atomic E-state index is 5.65. The lowest BCUT2D eigenvalue weighted by Crippen LogP contribution is -2.49. The molecule has 20 heavy (non-hydrogen) atoms. The fraction of sp³-hybridized carbons (Fsp3) is 0.588. The van der Waals surface area contributed by atoms with Crippen molar-refractivity contribution in [3.8, 4) is 0 Å². The Balaban J connectivity index is 2.76. The normalized spacial score (nSPS) is 15.2. The smallest absolute Gasteiger partial charge is 0.169 e. The van der Waals surface area contributed by atoms with Crippen LogP contribution in [0, 0.1) is 0 Å². The standard InChI is InChI=1S/C17H28N2S/c1-6-13(3)19(14(4)7-2)17(20)18-15(5)16-11-9-8-10-12-16/h8-15H,6-7H2,1-5H3,(H,18,20). The SMILES string of the molecule is CCC(C)N(C(=S)NC(C)c1ccccc1)C(C)CC. The van der Waals surface area contributed by atoms with Gasteiger partial charge in [0.05, 0.1) is 6.04 Å². The molecule has 0 aromatic heterocycles. The molecule has 1 rings (SSSR count). The highest BCUT2D eigenvalue weighted by Gasteiger charge is 2.21. The second-order valence-electron chi connectivity index (χ2n) is 5.50. The van der Waals surface area contributed by atoms with Gasteiger partial charge in [0.25, 0.3) is 0 Å². The highest BCUT2D eigenvalue weighted by atomic mass is 32.1. The van der Waals surface area contributed by atoms with E-state index in [9.17, 15) is 0 Å². The van der Waals surface area contributed by atoms with Gasteiger partial charge in [-0.1, -0.05) is 44.2 Å². The molecule has 0 fully saturated rings. The number of nitrogens with one attached hydrogen (secondary N) is 1. The molecule has 0 heterocycles. The average molecular weight is 292 g/mol. The molecule has 0 aliphatic rings. The van der Waals surface area contributed by atoms with Crippen LogP contribution >= 0.6 is 12.2 Å². The molecule has 0 aliphatic carbocycles. The molecule has 3 atom stereocenters. The molecule has 1 aromatic carbocycles. The Kier molecular flexibility index (Phi) is 7.00. The summed E-state index contributed by atoms with van der Waals surface area (Å²) in [6.45, 7) is 11.1. The van der Waals surface area contributed by atoms with Gasteiger partial charge in [-0.2, -0.15) is 0 Å². The first kappa shape index (κ1) is 17.0. The van der Waals surface area contributed by atoms with Crippen LogP contribution in [-0.2, 0) is 0 Å². The van der Waals surface area contributed by atoms with E-state index in [1.54, 1.807) is 0 Å². The zero-order chi connectivity index (χ0) is 15.1. The zero-order valence-corrected chi connectivity index (χ0v) is 14.2. The molecule has 0 saturated carbocycles. The maximum Gasteiger partial charge on any atom is 0.169 e. The molecule has 0 amide bonds. The Bertz CT molecular complexity index is 395. The molecule has 0 saturated heterocycles. The molecular weight excluding hydrogens is 264 g/mol. The van der Waals surface area contributed by atoms with Crippen LogP contribution in [0.25, 0.3) is 0 Å². The van der Waals surface area contributed by atoms with Crippen molar-refractivity contribution >= 4 is 17.3 Å². The van der Waals surface area contributed by atoms with E-state index in [-0.39, 0.29) is 6.04 Å². The van der Waals surface area contributed by atoms with Gasteiger partial charge in [-0.25, -0.2) is 0 Å². The average Bonchev–Trinajstić information content (AvgIpc) is 2.47. The Labute approximate surface area is 129 Å². The summed E-state index contributed by atoms with van der Waals surface area (Å²) in [6.07, 6.45) is 2.21. The van der Waals surface area contributed by atoms with Crippen LogP contribution < -0.4 is 5.32 Å². The van der Waals surface area contributed by atoms with E-state index >= 15 is 0 Å². The van der Waals surface area contributed by atoms with Gasteiger partial charge >= 0.3 is 0 Å². The highest BCUT2D eigenvalue weighted by molar-refractivity contribution is 7.80. The number of nitrogens with zero attached hydrogens (tertiary/aromatic N) is 1. The summed E-state index contributed by atoms with van der Waals surface area (Å²) in [6, 6.07) is 11.6. The van der Waals surface area contributed by atoms with Crippen molar-refractivity contribution in [2.75, 3.05) is 0 Å². The number of hydrogen-bond donors (Lipinski definition) is 1. The largest absolute Gasteiger partial charge is 0.356 e. The summed E-state index contributed by atoms with van der Waals surface area (Å²) in [4.78, 5) is 2.34. The first-order valence-electron chi connectivity index (χ1n) is 7.64. The van der Waals surface area contributed by atoms with Gasteiger partial charge < -0.3 is 10.2 Å². The second kappa shape index (κ2) is 8.25. The quantitative estimate of drug-likeness (QED) is 0.776. The number of benzene rings is 1. The summed E-state index contributed by atoms with van der Waals surface area (Å²) in [5, 5.41) is 4.35. The summed E-state index contributed by atoms with van der Waals surface area (Å²) >= 11 is 5.65. The van der Waals surface area contributed by atoms with Crippen LogP contribution in [0.5, 0.6) is 0 Å². The summed E-state index contributed by atoms with van der Waals surface area (Å²) in [5.74, 6) is 0. The minimum absolute atomic E-state index is 0.235. The minimum Gasteiger partial charge on any atom is -0.356 e. The predicted molar refractivity (Wildman–Crippen MR) is 91.9 cm³/mol. The lowest BCUT2D eigenvalue weighted by Gasteiger charge is -2.37. The third kappa shape index (κ3) is 4.48. The van der Waals surface area contributed by atoms with E-state index in [1.165, 1.54) is 5.56 Å². The van der Waals surface area contributed by atoms with Crippen LogP contribution in [0.4, 0.5) is 0 Å². The molecule has 0 aliphatic heterocycles. The first-order valence-corrected chi connectivity index (χ1v) is 8.05. The van der Waals surface area contributed by atoms with Crippen molar-refractivity contribution in [3.63, 3.8) is 0 Å². The van der Waals surface area contributed by atoms with E-state index in [4.69, 9.17) is 12.2 Å². The molecule has 0 bridgehead atoms. The van der Waals surface area contributed by atoms with Crippen LogP contribution in [0.3, 0.4) is 0 Å². The van der Waals surface area contributed by atoms with Gasteiger partial charge in [0, 0.05) is 12.1 Å². The molecule has 1 aromatic rings. The van der Waals surface area contributed by atoms with Gasteiger partial charge in [0.1, 0.15) is 0 Å². The Morgan fingerprint density at radius 3 is 2.00 bits per heavy atom. The molecule has 0 radical (unpaired) electrons. The van der Waals surface area contributed by atoms with Crippen molar-refractivity contribution in [1.29, 1.82) is 0 Å². The number of hydrogen-bond acceptors (Lipinski definition) is 1. The van der Waals surface area contributed by atoms with Gasteiger partial charge in [0.15, 0.2) is 5.11 Å². The van der Waals surface area contributed by atoms with E-state index < -0.39 is 0 Å². The Hall–Kier alpha value is -1.09. The van der Waals surface area contributed by atoms with Crippen LogP contribution in [0.1, 0.15) is 59.1 Å². The van der Waals surface area contributed by atoms with Crippen molar-refractivity contribution in [1.82, 2.24) is 10.2 Å². The summed E-state index contributed by atoms with van der Waals surface area (Å²) < 4.78 is 0. The monoisotopic (exact) mass is 292 g/mol. The lowest BCUT2D eigenvalue weighted by atomic mass is 10.1. The number of rotatable bonds is 6. The van der Waals surface area contributed by atoms with Crippen LogP contribution in [0.15, 0.2) is 30.3 Å². The minimum atomic E-state index is 0.235. The van der Waals surface area contributed by atoms with E-state index in [1.807, 2.05) is 6.07 Å². The zero-order valence-electron chi connectivity index (χ0n) is 13.4. The molecule has 0 spiro atoms. The maximum absolute atomic E-state index is 5.65. The first-order chi connectivity index (χ1) is 9.51. The summed E-state index contributed by atoms with van der Waals surface area (Å²) in [7, 11) is 0. The molecule has 3 heteroatoms. The van der Waals surface area contributed by atoms with Crippen molar-refractivity contribution in [2.45, 2.75) is 65.6 Å². The third-order valence-corrected chi connectivity index (χ3v) is 4.33. The van der Waals surface area contributed by atoms with Gasteiger partial charge in [-0.15, -0.1) is 0 Å². The van der Waals surface area contributed by atoms with Crippen molar-refractivity contribution in [2.24, 2.45) is 0 Å². The Morgan fingerprint density at radius 2 is 1.55 bits per heavy atom. The third-order valence-electron chi connectivity index (χ3n) is 4.01. The van der Waals surface area contributed by atoms with E-state index in [0.717, 1.165) is 18.0 Å². The molecular formula is C17H28N2S. The lowest BCUT2D eigenvalue weighted by molar-refractivity contribution is 0.245. The number of thiocarbonyl (C=S) groups is 1. The highest BCUT2D eigenvalue weighted by Crippen LogP contribution is 2.16. The van der Waals surface area contributed by atoms with Gasteiger partial charge in [0.2, 0.25) is 0 Å². The van der Waals surface area contributed by atoms with Gasteiger partial charge in [-0.05, 0) is 51.4 Å². The van der Waals surface area contributed by atoms with Crippen molar-refractivity contribution < 1.29 is 0 Å². The second-order valence-corrected chi connectivity index (χ2v) is 5.89. The fourth-order valence-electron chi connectivity index (χ4n) is 2.31.